The number of aryl methyl sites for hydroxylation is 1. The van der Waals surface area contributed by atoms with Crippen molar-refractivity contribution in [1.82, 2.24) is 14.5 Å². The first kappa shape index (κ1) is 27.6. The highest BCUT2D eigenvalue weighted by Gasteiger charge is 2.28. The zero-order valence-electron chi connectivity index (χ0n) is 23.6. The third-order valence-electron chi connectivity index (χ3n) is 7.60. The summed E-state index contributed by atoms with van der Waals surface area (Å²) in [5.74, 6) is 2.86. The van der Waals surface area contributed by atoms with E-state index < -0.39 is 0 Å². The van der Waals surface area contributed by atoms with Crippen LogP contribution in [0.5, 0.6) is 11.5 Å². The highest BCUT2D eigenvalue weighted by atomic mass is 19.1. The SMILES string of the molecule is COc1cc(CN(C)CCc2c(C=O)cc(Cn3ccnc3C3CC3)cc2-c2ccc(F)cc2C)cc(OC)c1. The van der Waals surface area contributed by atoms with Crippen molar-refractivity contribution in [3.8, 4) is 22.6 Å². The van der Waals surface area contributed by atoms with Gasteiger partial charge >= 0.3 is 0 Å². The van der Waals surface area contributed by atoms with Gasteiger partial charge < -0.3 is 18.9 Å². The Balaban J connectivity index is 1.45. The standard InChI is InChI=1S/C33H36FN3O3/c1-22-13-27(34)7-8-30(22)32-17-23(20-37-12-10-35-33(37)25-5-6-25)14-26(21-38)31(32)9-11-36(2)19-24-15-28(39-3)18-29(16-24)40-4/h7-8,10,12-18,21,25H,5-6,9,11,19-20H2,1-4H3. The van der Waals surface area contributed by atoms with E-state index in [2.05, 4.69) is 27.6 Å². The lowest BCUT2D eigenvalue weighted by molar-refractivity contribution is 0.112. The summed E-state index contributed by atoms with van der Waals surface area (Å²) in [5.41, 5.74) is 6.49. The summed E-state index contributed by atoms with van der Waals surface area (Å²) in [6.07, 6.45) is 7.81. The van der Waals surface area contributed by atoms with Crippen LogP contribution < -0.4 is 9.47 Å². The number of methoxy groups -OCH3 is 2. The molecule has 0 unspecified atom stereocenters. The number of ether oxygens (including phenoxy) is 2. The third-order valence-corrected chi connectivity index (χ3v) is 7.60. The van der Waals surface area contributed by atoms with E-state index in [1.54, 1.807) is 20.3 Å². The van der Waals surface area contributed by atoms with Gasteiger partial charge in [0, 0.05) is 49.6 Å². The topological polar surface area (TPSA) is 56.6 Å². The molecule has 40 heavy (non-hydrogen) atoms. The van der Waals surface area contributed by atoms with Gasteiger partial charge in [0.2, 0.25) is 0 Å². The minimum absolute atomic E-state index is 0.268. The van der Waals surface area contributed by atoms with Crippen molar-refractivity contribution in [2.24, 2.45) is 0 Å². The van der Waals surface area contributed by atoms with Gasteiger partial charge in [0.1, 0.15) is 29.4 Å². The van der Waals surface area contributed by atoms with Gasteiger partial charge in [0.25, 0.3) is 0 Å². The maximum atomic E-state index is 14.0. The van der Waals surface area contributed by atoms with Crippen LogP contribution in [0.3, 0.4) is 0 Å². The maximum Gasteiger partial charge on any atom is 0.150 e. The van der Waals surface area contributed by atoms with Crippen LogP contribution in [0.15, 0.2) is 60.9 Å². The second-order valence-corrected chi connectivity index (χ2v) is 10.7. The van der Waals surface area contributed by atoms with Crippen LogP contribution >= 0.6 is 0 Å². The molecule has 208 valence electrons. The molecule has 0 N–H and O–H groups in total. The Kier molecular flexibility index (Phi) is 8.31. The van der Waals surface area contributed by atoms with Crippen molar-refractivity contribution in [3.63, 3.8) is 0 Å². The third kappa shape index (κ3) is 6.26. The molecule has 0 amide bonds. The fourth-order valence-electron chi connectivity index (χ4n) is 5.41. The number of imidazole rings is 1. The summed E-state index contributed by atoms with van der Waals surface area (Å²) in [6, 6.07) is 14.9. The molecule has 1 aliphatic rings. The normalized spacial score (nSPS) is 13.1. The van der Waals surface area contributed by atoms with Crippen molar-refractivity contribution >= 4 is 6.29 Å². The number of hydrogen-bond acceptors (Lipinski definition) is 5. The monoisotopic (exact) mass is 541 g/mol. The second-order valence-electron chi connectivity index (χ2n) is 10.7. The predicted octanol–water partition coefficient (Wildman–Crippen LogP) is 6.43. The number of rotatable bonds is 12. The van der Waals surface area contributed by atoms with Gasteiger partial charge in [-0.15, -0.1) is 0 Å². The molecule has 1 fully saturated rings. The highest BCUT2D eigenvalue weighted by Crippen LogP contribution is 2.39. The van der Waals surface area contributed by atoms with Crippen molar-refractivity contribution < 1.29 is 18.7 Å². The Morgan fingerprint density at radius 3 is 2.42 bits per heavy atom. The molecular weight excluding hydrogens is 505 g/mol. The summed E-state index contributed by atoms with van der Waals surface area (Å²) >= 11 is 0. The Bertz CT molecular complexity index is 1490. The predicted molar refractivity (Wildman–Crippen MR) is 155 cm³/mol. The molecule has 0 spiro atoms. The van der Waals surface area contributed by atoms with Crippen LogP contribution in [-0.2, 0) is 19.5 Å². The zero-order chi connectivity index (χ0) is 28.2. The molecule has 0 radical (unpaired) electrons. The molecule has 0 atom stereocenters. The Hall–Kier alpha value is -3.97. The minimum Gasteiger partial charge on any atom is -0.497 e. The number of carbonyl (C=O) groups is 1. The molecule has 5 rings (SSSR count). The number of halogens is 1. The number of aromatic nitrogens is 2. The lowest BCUT2D eigenvalue weighted by Gasteiger charge is -2.21. The van der Waals surface area contributed by atoms with E-state index >= 15 is 0 Å². The van der Waals surface area contributed by atoms with Crippen molar-refractivity contribution in [1.29, 1.82) is 0 Å². The van der Waals surface area contributed by atoms with Crippen LogP contribution in [0.1, 0.15) is 57.2 Å². The lowest BCUT2D eigenvalue weighted by Crippen LogP contribution is -2.21. The van der Waals surface area contributed by atoms with Crippen LogP contribution in [-0.4, -0.2) is 48.5 Å². The fourth-order valence-corrected chi connectivity index (χ4v) is 5.41. The molecular formula is C33H36FN3O3. The van der Waals surface area contributed by atoms with Gasteiger partial charge in [-0.05, 0) is 103 Å². The number of likely N-dealkylation sites (N-methyl/N-ethyl adjacent to an activating group) is 1. The van der Waals surface area contributed by atoms with Gasteiger partial charge in [0.05, 0.1) is 14.2 Å². The zero-order valence-corrected chi connectivity index (χ0v) is 23.6. The number of nitrogens with zero attached hydrogens (tertiary/aromatic N) is 3. The first-order valence-electron chi connectivity index (χ1n) is 13.7. The van der Waals surface area contributed by atoms with Gasteiger partial charge in [-0.2, -0.15) is 0 Å². The number of aldehydes is 1. The fraction of sp³-hybridized carbons (Fsp3) is 0.333. The van der Waals surface area contributed by atoms with E-state index in [1.807, 2.05) is 49.6 Å². The van der Waals surface area contributed by atoms with Crippen LogP contribution in [0.4, 0.5) is 4.39 Å². The molecule has 1 saturated carbocycles. The van der Waals surface area contributed by atoms with Gasteiger partial charge in [-0.25, -0.2) is 9.37 Å². The molecule has 1 heterocycles. The first-order chi connectivity index (χ1) is 19.4. The second kappa shape index (κ2) is 12.0. The number of benzene rings is 3. The van der Waals surface area contributed by atoms with Gasteiger partial charge in [0.15, 0.2) is 0 Å². The quantitative estimate of drug-likeness (QED) is 0.194. The molecule has 0 aliphatic heterocycles. The number of carbonyl (C=O) groups excluding carboxylic acids is 1. The average Bonchev–Trinajstić information content (AvgIpc) is 3.69. The molecule has 1 aromatic heterocycles. The summed E-state index contributed by atoms with van der Waals surface area (Å²) < 4.78 is 27.1. The molecule has 0 saturated heterocycles. The van der Waals surface area contributed by atoms with Crippen molar-refractivity contribution in [2.45, 2.75) is 45.2 Å². The first-order valence-corrected chi connectivity index (χ1v) is 13.7. The Morgan fingerprint density at radius 1 is 1.02 bits per heavy atom. The smallest absolute Gasteiger partial charge is 0.150 e. The molecule has 0 bridgehead atoms. The molecule has 4 aromatic rings. The Morgan fingerprint density at radius 2 is 1.77 bits per heavy atom. The summed E-state index contributed by atoms with van der Waals surface area (Å²) in [4.78, 5) is 19.2. The average molecular weight is 542 g/mol. The van der Waals surface area contributed by atoms with Crippen molar-refractivity contribution in [2.75, 3.05) is 27.8 Å². The Labute approximate surface area is 235 Å². The molecule has 6 nitrogen and oxygen atoms in total. The molecule has 1 aliphatic carbocycles. The lowest BCUT2D eigenvalue weighted by atomic mass is 9.89. The minimum atomic E-state index is -0.268. The van der Waals surface area contributed by atoms with E-state index in [1.165, 1.54) is 18.9 Å². The van der Waals surface area contributed by atoms with Crippen LogP contribution in [0.25, 0.3) is 11.1 Å². The maximum absolute atomic E-state index is 14.0. The molecule has 3 aromatic carbocycles. The highest BCUT2D eigenvalue weighted by molar-refractivity contribution is 5.84. The van der Waals surface area contributed by atoms with E-state index in [0.29, 0.717) is 31.0 Å². The molecule has 7 heteroatoms. The van der Waals surface area contributed by atoms with Gasteiger partial charge in [-0.3, -0.25) is 4.79 Å². The van der Waals surface area contributed by atoms with E-state index in [9.17, 15) is 9.18 Å². The summed E-state index contributed by atoms with van der Waals surface area (Å²) in [5, 5.41) is 0. The summed E-state index contributed by atoms with van der Waals surface area (Å²) in [7, 11) is 5.35. The summed E-state index contributed by atoms with van der Waals surface area (Å²) in [6.45, 7) is 3.97. The largest absolute Gasteiger partial charge is 0.497 e. The van der Waals surface area contributed by atoms with E-state index in [0.717, 1.165) is 63.5 Å². The van der Waals surface area contributed by atoms with Crippen LogP contribution in [0.2, 0.25) is 0 Å². The van der Waals surface area contributed by atoms with Crippen molar-refractivity contribution in [3.05, 3.63) is 100 Å². The van der Waals surface area contributed by atoms with Gasteiger partial charge in [-0.1, -0.05) is 6.07 Å². The van der Waals surface area contributed by atoms with E-state index in [4.69, 9.17) is 9.47 Å². The van der Waals surface area contributed by atoms with Crippen LogP contribution in [0, 0.1) is 12.7 Å². The van der Waals surface area contributed by atoms with E-state index in [-0.39, 0.29) is 5.82 Å². The number of hydrogen-bond donors (Lipinski definition) is 0.